The normalized spacial score (nSPS) is 28.4. The van der Waals surface area contributed by atoms with Gasteiger partial charge in [-0.25, -0.2) is 4.79 Å². The average Bonchev–Trinajstić information content (AvgIpc) is 3.51. The molecule has 0 spiro atoms. The molecule has 1 aliphatic heterocycles. The van der Waals surface area contributed by atoms with E-state index in [9.17, 15) is 19.8 Å². The second-order valence-electron chi connectivity index (χ2n) is 12.6. The van der Waals surface area contributed by atoms with Crippen LogP contribution in [0.1, 0.15) is 51.5 Å². The molecular formula is C33H44N2O10. The quantitative estimate of drug-likeness (QED) is 0.300. The van der Waals surface area contributed by atoms with Crippen molar-refractivity contribution in [3.8, 4) is 28.7 Å². The van der Waals surface area contributed by atoms with E-state index in [-0.39, 0.29) is 37.6 Å². The van der Waals surface area contributed by atoms with Crippen LogP contribution in [0.4, 0.5) is 10.5 Å². The molecule has 2 aliphatic carbocycles. The zero-order valence-corrected chi connectivity index (χ0v) is 26.5. The fourth-order valence-electron chi connectivity index (χ4n) is 7.73. The van der Waals surface area contributed by atoms with Crippen molar-refractivity contribution < 1.29 is 48.2 Å². The van der Waals surface area contributed by atoms with Gasteiger partial charge in [-0.15, -0.1) is 0 Å². The van der Waals surface area contributed by atoms with E-state index in [0.717, 1.165) is 5.56 Å². The molecule has 6 atom stereocenters. The van der Waals surface area contributed by atoms with Gasteiger partial charge in [0.15, 0.2) is 23.0 Å². The van der Waals surface area contributed by atoms with Crippen LogP contribution in [0.5, 0.6) is 28.7 Å². The number of nitrogens with one attached hydrogen (secondary N) is 2. The van der Waals surface area contributed by atoms with E-state index in [2.05, 4.69) is 17.6 Å². The second kappa shape index (κ2) is 13.2. The lowest BCUT2D eigenvalue weighted by molar-refractivity contribution is -0.185. The first-order valence-electron chi connectivity index (χ1n) is 15.3. The molecule has 0 saturated heterocycles. The highest BCUT2D eigenvalue weighted by Gasteiger charge is 2.60. The highest BCUT2D eigenvalue weighted by atomic mass is 16.7. The summed E-state index contributed by atoms with van der Waals surface area (Å²) in [7, 11) is 4.47. The Morgan fingerprint density at radius 2 is 1.69 bits per heavy atom. The Balaban J connectivity index is 1.26. The lowest BCUT2D eigenvalue weighted by Gasteiger charge is -2.60. The highest BCUT2D eigenvalue weighted by Crippen LogP contribution is 2.61. The van der Waals surface area contributed by atoms with Crippen molar-refractivity contribution in [3.05, 3.63) is 35.9 Å². The lowest BCUT2D eigenvalue weighted by Crippen LogP contribution is -2.61. The molecule has 0 bridgehead atoms. The third-order valence-electron chi connectivity index (χ3n) is 10.2. The summed E-state index contributed by atoms with van der Waals surface area (Å²) >= 11 is 0. The van der Waals surface area contributed by atoms with Crippen LogP contribution in [0.3, 0.4) is 0 Å². The first-order chi connectivity index (χ1) is 21.6. The number of fused-ring (bicyclic) bond motifs is 2. The predicted octanol–water partition coefficient (Wildman–Crippen LogP) is 4.25. The molecule has 1 heterocycles. The van der Waals surface area contributed by atoms with E-state index in [0.29, 0.717) is 66.7 Å². The van der Waals surface area contributed by atoms with Crippen molar-refractivity contribution in [3.63, 3.8) is 0 Å². The molecule has 2 aromatic carbocycles. The topological polar surface area (TPSA) is 154 Å². The number of carbonyl (C=O) groups excluding carboxylic acids is 2. The molecule has 246 valence electrons. The summed E-state index contributed by atoms with van der Waals surface area (Å²) in [4.78, 5) is 26.4. The maximum atomic E-state index is 13.2. The predicted molar refractivity (Wildman–Crippen MR) is 164 cm³/mol. The van der Waals surface area contributed by atoms with Crippen molar-refractivity contribution in [2.75, 3.05) is 40.0 Å². The molecule has 2 fully saturated rings. The van der Waals surface area contributed by atoms with Crippen LogP contribution in [-0.4, -0.2) is 69.2 Å². The van der Waals surface area contributed by atoms with E-state index in [4.69, 9.17) is 28.4 Å². The van der Waals surface area contributed by atoms with Crippen molar-refractivity contribution in [2.24, 2.45) is 22.7 Å². The Kier molecular flexibility index (Phi) is 9.54. The molecule has 2 saturated carbocycles. The fraction of sp³-hybridized carbons (Fsp3) is 0.576. The number of amides is 2. The lowest BCUT2D eigenvalue weighted by atomic mass is 9.46. The minimum absolute atomic E-state index is 0.0993. The largest absolute Gasteiger partial charge is 0.493 e. The number of benzene rings is 2. The molecule has 12 heteroatoms. The summed E-state index contributed by atoms with van der Waals surface area (Å²) in [5.41, 5.74) is 0.0314. The first kappa shape index (κ1) is 32.5. The number of rotatable bonds is 10. The third-order valence-corrected chi connectivity index (χ3v) is 10.2. The molecule has 12 nitrogen and oxygen atoms in total. The summed E-state index contributed by atoms with van der Waals surface area (Å²) in [6.07, 6.45) is 0.436. The van der Waals surface area contributed by atoms with Crippen molar-refractivity contribution >= 4 is 17.7 Å². The maximum Gasteiger partial charge on any atom is 0.411 e. The standard InChI is InChI=1S/C33H44N2O10/c1-32-11-10-28(45-31(39)35-20-13-25(40-3)30(42-5)26(14-20)41-4)33(2,17-36)27(32)9-7-22(37)21(32)15-29(38)34-16-19-6-8-23-24(12-19)44-18-43-23/h6,8,12-14,21-22,27-28,36-37H,7,9-11,15-18H2,1-5H3,(H,34,38)(H,35,39)/t21-,22-,27?,28-,32+,33+/m1/s1. The van der Waals surface area contributed by atoms with E-state index >= 15 is 0 Å². The summed E-state index contributed by atoms with van der Waals surface area (Å²) in [5.74, 6) is 1.91. The Morgan fingerprint density at radius 1 is 0.978 bits per heavy atom. The molecule has 5 rings (SSSR count). The van der Waals surface area contributed by atoms with Crippen molar-refractivity contribution in [1.82, 2.24) is 5.32 Å². The van der Waals surface area contributed by atoms with Gasteiger partial charge in [-0.3, -0.25) is 10.1 Å². The Labute approximate surface area is 263 Å². The smallest absolute Gasteiger partial charge is 0.411 e. The van der Waals surface area contributed by atoms with Crippen LogP contribution in [-0.2, 0) is 16.1 Å². The number of ether oxygens (including phenoxy) is 6. The van der Waals surface area contributed by atoms with Gasteiger partial charge in [-0.2, -0.15) is 0 Å². The molecule has 45 heavy (non-hydrogen) atoms. The minimum Gasteiger partial charge on any atom is -0.493 e. The van der Waals surface area contributed by atoms with Gasteiger partial charge in [0.1, 0.15) is 6.10 Å². The van der Waals surface area contributed by atoms with Crippen LogP contribution in [0.25, 0.3) is 0 Å². The summed E-state index contributed by atoms with van der Waals surface area (Å²) in [6.45, 7) is 4.32. The number of hydrogen-bond donors (Lipinski definition) is 4. The fourth-order valence-corrected chi connectivity index (χ4v) is 7.73. The van der Waals surface area contributed by atoms with Gasteiger partial charge >= 0.3 is 6.09 Å². The third kappa shape index (κ3) is 6.30. The number of hydrogen-bond acceptors (Lipinski definition) is 10. The Morgan fingerprint density at radius 3 is 2.36 bits per heavy atom. The Hall–Kier alpha value is -3.90. The number of aliphatic hydroxyl groups is 2. The van der Waals surface area contributed by atoms with E-state index in [1.807, 2.05) is 25.1 Å². The van der Waals surface area contributed by atoms with Gasteiger partial charge < -0.3 is 44.0 Å². The summed E-state index contributed by atoms with van der Waals surface area (Å²) in [5, 5.41) is 27.7. The molecule has 4 N–H and O–H groups in total. The highest BCUT2D eigenvalue weighted by molar-refractivity contribution is 5.86. The van der Waals surface area contributed by atoms with Crippen molar-refractivity contribution in [1.29, 1.82) is 0 Å². The first-order valence-corrected chi connectivity index (χ1v) is 15.3. The van der Waals surface area contributed by atoms with Crippen LogP contribution >= 0.6 is 0 Å². The van der Waals surface area contributed by atoms with Gasteiger partial charge in [-0.1, -0.05) is 19.9 Å². The number of aliphatic hydroxyl groups excluding tert-OH is 2. The van der Waals surface area contributed by atoms with Crippen molar-refractivity contribution in [2.45, 2.75) is 64.7 Å². The van der Waals surface area contributed by atoms with E-state index in [1.165, 1.54) is 21.3 Å². The van der Waals surface area contributed by atoms with Gasteiger partial charge in [0.2, 0.25) is 18.4 Å². The number of anilines is 1. The molecule has 0 radical (unpaired) electrons. The molecule has 2 aromatic rings. The zero-order valence-electron chi connectivity index (χ0n) is 26.5. The average molecular weight is 629 g/mol. The number of carbonyl (C=O) groups is 2. The van der Waals surface area contributed by atoms with Gasteiger partial charge in [0.25, 0.3) is 0 Å². The van der Waals surface area contributed by atoms with E-state index < -0.39 is 29.1 Å². The summed E-state index contributed by atoms with van der Waals surface area (Å²) < 4.78 is 32.9. The van der Waals surface area contributed by atoms with Crippen LogP contribution < -0.4 is 34.3 Å². The molecule has 0 aromatic heterocycles. The van der Waals surface area contributed by atoms with Crippen LogP contribution in [0.2, 0.25) is 0 Å². The summed E-state index contributed by atoms with van der Waals surface area (Å²) in [6, 6.07) is 8.77. The molecule has 2 amide bonds. The SMILES string of the molecule is COc1cc(NC(=O)O[C@@H]2CC[C@]3(C)C(CC[C@@H](O)[C@H]3CC(=O)NCc3ccc4c(c3)OCO4)[C@]2(C)CO)cc(OC)c1OC. The maximum absolute atomic E-state index is 13.2. The molecular weight excluding hydrogens is 584 g/mol. The molecule has 3 aliphatic rings. The van der Waals surface area contributed by atoms with Gasteiger partial charge in [0.05, 0.1) is 39.7 Å². The second-order valence-corrected chi connectivity index (χ2v) is 12.6. The minimum atomic E-state index is -0.791. The van der Waals surface area contributed by atoms with Crippen LogP contribution in [0.15, 0.2) is 30.3 Å². The van der Waals surface area contributed by atoms with Gasteiger partial charge in [-0.05, 0) is 60.6 Å². The zero-order chi connectivity index (χ0) is 32.4. The molecule has 1 unspecified atom stereocenters. The Bertz CT molecular complexity index is 1380. The van der Waals surface area contributed by atoms with Crippen LogP contribution in [0, 0.1) is 22.7 Å². The number of methoxy groups -OCH3 is 3. The monoisotopic (exact) mass is 628 g/mol. The van der Waals surface area contributed by atoms with Gasteiger partial charge in [0, 0.05) is 30.5 Å². The van der Waals surface area contributed by atoms with E-state index in [1.54, 1.807) is 12.1 Å².